The third-order valence-electron chi connectivity index (χ3n) is 2.48. The molecule has 0 spiro atoms. The number of aryl methyl sites for hydroxylation is 1. The molecule has 0 fully saturated rings. The average Bonchev–Trinajstić information content (AvgIpc) is 2.94. The molecular formula is C11H16N4S. The van der Waals surface area contributed by atoms with Gasteiger partial charge < -0.3 is 0 Å². The number of hydrogen-bond acceptors (Lipinski definition) is 4. The van der Waals surface area contributed by atoms with E-state index in [-0.39, 0.29) is 0 Å². The Hall–Kier alpha value is -1.23. The lowest BCUT2D eigenvalue weighted by molar-refractivity contribution is 0.665. The molecule has 4 nitrogen and oxygen atoms in total. The maximum Gasteiger partial charge on any atom is 0.132 e. The zero-order valence-corrected chi connectivity index (χ0v) is 10.3. The Labute approximate surface area is 99.1 Å². The minimum absolute atomic E-state index is 0.830. The highest BCUT2D eigenvalue weighted by Gasteiger charge is 2.06. The molecule has 2 rings (SSSR count). The van der Waals surface area contributed by atoms with Crippen LogP contribution in [0.5, 0.6) is 0 Å². The maximum atomic E-state index is 4.55. The quantitative estimate of drug-likeness (QED) is 0.784. The van der Waals surface area contributed by atoms with Gasteiger partial charge in [0.15, 0.2) is 0 Å². The van der Waals surface area contributed by atoms with Crippen molar-refractivity contribution >= 4 is 11.3 Å². The topological polar surface area (TPSA) is 54.5 Å². The zero-order valence-electron chi connectivity index (χ0n) is 9.44. The molecule has 86 valence electrons. The number of nitrogens with one attached hydrogen (secondary N) is 1. The third kappa shape index (κ3) is 2.88. The second-order valence-electron chi connectivity index (χ2n) is 3.80. The number of unbranched alkanes of at least 4 members (excludes halogenated alkanes) is 3. The van der Waals surface area contributed by atoms with Gasteiger partial charge in [0.2, 0.25) is 0 Å². The second-order valence-corrected chi connectivity index (χ2v) is 4.74. The minimum atomic E-state index is 0.830. The molecule has 2 aromatic rings. The Morgan fingerprint density at radius 2 is 2.19 bits per heavy atom. The van der Waals surface area contributed by atoms with Crippen LogP contribution in [0.25, 0.3) is 11.4 Å². The molecule has 2 heterocycles. The van der Waals surface area contributed by atoms with Crippen molar-refractivity contribution in [2.75, 3.05) is 0 Å². The van der Waals surface area contributed by atoms with Gasteiger partial charge in [0.25, 0.3) is 0 Å². The Morgan fingerprint density at radius 1 is 1.25 bits per heavy atom. The lowest BCUT2D eigenvalue weighted by atomic mass is 10.2. The second kappa shape index (κ2) is 5.75. The van der Waals surface area contributed by atoms with Crippen LogP contribution in [0.3, 0.4) is 0 Å². The van der Waals surface area contributed by atoms with E-state index in [1.165, 1.54) is 30.7 Å². The Kier molecular flexibility index (Phi) is 4.04. The standard InChI is InChI=1S/C11H16N4S/c1-2-3-4-5-6-11-13-10(8-16-11)9-7-12-15-14-9/h7-8H,2-6H2,1H3,(H,12,14,15). The maximum absolute atomic E-state index is 4.55. The summed E-state index contributed by atoms with van der Waals surface area (Å²) in [7, 11) is 0. The van der Waals surface area contributed by atoms with Crippen LogP contribution < -0.4 is 0 Å². The van der Waals surface area contributed by atoms with Crippen LogP contribution in [-0.2, 0) is 6.42 Å². The van der Waals surface area contributed by atoms with Crippen LogP contribution in [0.2, 0.25) is 0 Å². The van der Waals surface area contributed by atoms with E-state index in [9.17, 15) is 0 Å². The van der Waals surface area contributed by atoms with Crippen molar-refractivity contribution in [3.05, 3.63) is 16.6 Å². The van der Waals surface area contributed by atoms with E-state index < -0.39 is 0 Å². The molecular weight excluding hydrogens is 220 g/mol. The predicted octanol–water partition coefficient (Wildman–Crippen LogP) is 3.05. The van der Waals surface area contributed by atoms with Crippen molar-refractivity contribution in [3.8, 4) is 11.4 Å². The van der Waals surface area contributed by atoms with Gasteiger partial charge in [-0.1, -0.05) is 31.4 Å². The summed E-state index contributed by atoms with van der Waals surface area (Å²) in [6.07, 6.45) is 8.00. The highest BCUT2D eigenvalue weighted by molar-refractivity contribution is 7.09. The lowest BCUT2D eigenvalue weighted by Gasteiger charge is -1.95. The van der Waals surface area contributed by atoms with Gasteiger partial charge in [0.1, 0.15) is 11.4 Å². The predicted molar refractivity (Wildman–Crippen MR) is 65.3 cm³/mol. The minimum Gasteiger partial charge on any atom is -0.265 e. The van der Waals surface area contributed by atoms with Crippen molar-refractivity contribution in [1.29, 1.82) is 0 Å². The number of H-pyrrole nitrogens is 1. The fourth-order valence-corrected chi connectivity index (χ4v) is 2.41. The number of rotatable bonds is 6. The molecule has 1 N–H and O–H groups in total. The van der Waals surface area contributed by atoms with Crippen LogP contribution in [0.15, 0.2) is 11.6 Å². The summed E-state index contributed by atoms with van der Waals surface area (Å²) >= 11 is 1.71. The summed E-state index contributed by atoms with van der Waals surface area (Å²) in [6.45, 7) is 2.23. The van der Waals surface area contributed by atoms with E-state index in [0.29, 0.717) is 0 Å². The van der Waals surface area contributed by atoms with E-state index >= 15 is 0 Å². The van der Waals surface area contributed by atoms with Gasteiger partial charge in [-0.3, -0.25) is 5.10 Å². The molecule has 0 radical (unpaired) electrons. The number of nitrogens with zero attached hydrogens (tertiary/aromatic N) is 3. The van der Waals surface area contributed by atoms with E-state index in [1.807, 2.05) is 5.38 Å². The first kappa shape index (κ1) is 11.3. The molecule has 0 unspecified atom stereocenters. The molecule has 0 atom stereocenters. The van der Waals surface area contributed by atoms with E-state index in [2.05, 4.69) is 27.3 Å². The fraction of sp³-hybridized carbons (Fsp3) is 0.545. The van der Waals surface area contributed by atoms with Crippen LogP contribution >= 0.6 is 11.3 Å². The van der Waals surface area contributed by atoms with Gasteiger partial charge in [0, 0.05) is 5.38 Å². The largest absolute Gasteiger partial charge is 0.265 e. The Morgan fingerprint density at radius 3 is 2.94 bits per heavy atom. The summed E-state index contributed by atoms with van der Waals surface area (Å²) in [5.41, 5.74) is 1.76. The fourth-order valence-electron chi connectivity index (χ4n) is 1.57. The van der Waals surface area contributed by atoms with Crippen molar-refractivity contribution in [2.24, 2.45) is 0 Å². The number of aromatic nitrogens is 4. The smallest absolute Gasteiger partial charge is 0.132 e. The highest BCUT2D eigenvalue weighted by atomic mass is 32.1. The number of thiazole rings is 1. The molecule has 2 aromatic heterocycles. The molecule has 0 bridgehead atoms. The summed E-state index contributed by atoms with van der Waals surface area (Å²) < 4.78 is 0. The van der Waals surface area contributed by atoms with E-state index in [4.69, 9.17) is 0 Å². The van der Waals surface area contributed by atoms with Crippen molar-refractivity contribution in [1.82, 2.24) is 20.4 Å². The first-order valence-electron chi connectivity index (χ1n) is 5.71. The van der Waals surface area contributed by atoms with E-state index in [0.717, 1.165) is 17.8 Å². The summed E-state index contributed by atoms with van der Waals surface area (Å²) in [4.78, 5) is 4.55. The van der Waals surface area contributed by atoms with Gasteiger partial charge in [-0.05, 0) is 12.8 Å². The SMILES string of the molecule is CCCCCCc1nc(-c2c[nH]nn2)cs1. The Balaban J connectivity index is 1.88. The van der Waals surface area contributed by atoms with Crippen LogP contribution in [-0.4, -0.2) is 20.4 Å². The first-order valence-corrected chi connectivity index (χ1v) is 6.59. The molecule has 0 saturated heterocycles. The van der Waals surface area contributed by atoms with E-state index in [1.54, 1.807) is 17.5 Å². The average molecular weight is 236 g/mol. The molecule has 16 heavy (non-hydrogen) atoms. The normalized spacial score (nSPS) is 10.8. The van der Waals surface area contributed by atoms with Gasteiger partial charge in [-0.15, -0.1) is 16.4 Å². The highest BCUT2D eigenvalue weighted by Crippen LogP contribution is 2.20. The van der Waals surface area contributed by atoms with Crippen molar-refractivity contribution < 1.29 is 0 Å². The number of aromatic amines is 1. The summed E-state index contributed by atoms with van der Waals surface area (Å²) in [6, 6.07) is 0. The summed E-state index contributed by atoms with van der Waals surface area (Å²) in [5, 5.41) is 13.6. The molecule has 0 aliphatic rings. The zero-order chi connectivity index (χ0) is 11.2. The van der Waals surface area contributed by atoms with Crippen molar-refractivity contribution in [2.45, 2.75) is 39.0 Å². The Bertz CT molecular complexity index is 407. The molecule has 0 amide bonds. The van der Waals surface area contributed by atoms with Crippen LogP contribution in [0, 0.1) is 0 Å². The molecule has 5 heteroatoms. The lowest BCUT2D eigenvalue weighted by Crippen LogP contribution is -1.85. The first-order chi connectivity index (χ1) is 7.90. The van der Waals surface area contributed by atoms with Gasteiger partial charge in [-0.2, -0.15) is 0 Å². The van der Waals surface area contributed by atoms with Crippen molar-refractivity contribution in [3.63, 3.8) is 0 Å². The molecule has 0 saturated carbocycles. The van der Waals surface area contributed by atoms with Gasteiger partial charge in [-0.25, -0.2) is 4.98 Å². The summed E-state index contributed by atoms with van der Waals surface area (Å²) in [5.74, 6) is 0. The van der Waals surface area contributed by atoms with Gasteiger partial charge >= 0.3 is 0 Å². The van der Waals surface area contributed by atoms with Crippen LogP contribution in [0.4, 0.5) is 0 Å². The monoisotopic (exact) mass is 236 g/mol. The molecule has 0 aliphatic carbocycles. The molecule has 0 aliphatic heterocycles. The number of hydrogen-bond donors (Lipinski definition) is 1. The van der Waals surface area contributed by atoms with Crippen LogP contribution in [0.1, 0.15) is 37.6 Å². The third-order valence-corrected chi connectivity index (χ3v) is 3.38. The van der Waals surface area contributed by atoms with Gasteiger partial charge in [0.05, 0.1) is 11.2 Å². The molecule has 0 aromatic carbocycles.